The van der Waals surface area contributed by atoms with Crippen LogP contribution in [0, 0.1) is 5.92 Å². The van der Waals surface area contributed by atoms with E-state index < -0.39 is 5.97 Å². The topological polar surface area (TPSA) is 43.4 Å². The zero-order valence-electron chi connectivity index (χ0n) is 11.5. The van der Waals surface area contributed by atoms with Gasteiger partial charge in [-0.3, -0.25) is 4.79 Å². The predicted molar refractivity (Wildman–Crippen MR) is 72.8 cm³/mol. The van der Waals surface area contributed by atoms with Crippen molar-refractivity contribution < 1.29 is 14.3 Å². The van der Waals surface area contributed by atoms with E-state index in [-0.39, 0.29) is 17.1 Å². The van der Waals surface area contributed by atoms with Gasteiger partial charge in [-0.15, -0.1) is 0 Å². The molecule has 0 heterocycles. The van der Waals surface area contributed by atoms with Crippen LogP contribution in [0.3, 0.4) is 0 Å². The van der Waals surface area contributed by atoms with Gasteiger partial charge in [-0.2, -0.15) is 0 Å². The smallest absolute Gasteiger partial charge is 0.374 e. The second-order valence-corrected chi connectivity index (χ2v) is 5.58. The molecule has 2 rings (SSSR count). The average molecular weight is 260 g/mol. The molecule has 0 aromatic heterocycles. The van der Waals surface area contributed by atoms with Crippen molar-refractivity contribution in [3.05, 3.63) is 35.9 Å². The van der Waals surface area contributed by atoms with E-state index >= 15 is 0 Å². The summed E-state index contributed by atoms with van der Waals surface area (Å²) in [5.41, 5.74) is 1.23. The summed E-state index contributed by atoms with van der Waals surface area (Å²) in [6.45, 7) is 2.18. The van der Waals surface area contributed by atoms with Gasteiger partial charge >= 0.3 is 5.97 Å². The van der Waals surface area contributed by atoms with Crippen LogP contribution in [0.4, 0.5) is 0 Å². The molecule has 3 heteroatoms. The highest BCUT2D eigenvalue weighted by Gasteiger charge is 2.38. The molecule has 1 saturated carbocycles. The quantitative estimate of drug-likeness (QED) is 0.620. The number of rotatable bonds is 3. The highest BCUT2D eigenvalue weighted by Crippen LogP contribution is 2.41. The number of hydrogen-bond donors (Lipinski definition) is 0. The molecule has 19 heavy (non-hydrogen) atoms. The average Bonchev–Trinajstić information content (AvgIpc) is 2.46. The van der Waals surface area contributed by atoms with Crippen molar-refractivity contribution in [2.45, 2.75) is 38.0 Å². The van der Waals surface area contributed by atoms with Gasteiger partial charge in [0.25, 0.3) is 0 Å². The summed E-state index contributed by atoms with van der Waals surface area (Å²) in [6.07, 6.45) is 3.54. The van der Waals surface area contributed by atoms with Crippen molar-refractivity contribution in [2.24, 2.45) is 5.92 Å². The van der Waals surface area contributed by atoms with Crippen molar-refractivity contribution in [1.29, 1.82) is 0 Å². The lowest BCUT2D eigenvalue weighted by molar-refractivity contribution is -0.154. The number of esters is 1. The van der Waals surface area contributed by atoms with Crippen molar-refractivity contribution in [3.63, 3.8) is 0 Å². The zero-order chi connectivity index (χ0) is 13.9. The van der Waals surface area contributed by atoms with Gasteiger partial charge in [-0.1, -0.05) is 43.7 Å². The maximum absolute atomic E-state index is 12.0. The minimum Gasteiger partial charge on any atom is -0.463 e. The van der Waals surface area contributed by atoms with E-state index in [2.05, 4.69) is 23.8 Å². The third kappa shape index (κ3) is 2.86. The van der Waals surface area contributed by atoms with Crippen LogP contribution in [0.5, 0.6) is 0 Å². The first kappa shape index (κ1) is 13.8. The number of ketones is 1. The fourth-order valence-corrected chi connectivity index (χ4v) is 3.08. The summed E-state index contributed by atoms with van der Waals surface area (Å²) >= 11 is 0. The summed E-state index contributed by atoms with van der Waals surface area (Å²) in [7, 11) is 1.26. The molecule has 0 aliphatic heterocycles. The van der Waals surface area contributed by atoms with Gasteiger partial charge in [0.1, 0.15) is 0 Å². The predicted octanol–water partition coefficient (Wildman–Crippen LogP) is 2.88. The number of ether oxygens (including phenoxy) is 1. The molecule has 0 radical (unpaired) electrons. The standard InChI is InChI=1S/C16H20O3/c1-16(13-8-4-3-5-9-13)10-6-7-12(11-16)14(17)15(18)19-2/h3-5,8-9,12H,6-7,10-11H2,1-2H3/t12-,16-/m0/s1. The van der Waals surface area contributed by atoms with Crippen LogP contribution in [0.2, 0.25) is 0 Å². The molecule has 1 aliphatic rings. The summed E-state index contributed by atoms with van der Waals surface area (Å²) in [6, 6.07) is 10.2. The van der Waals surface area contributed by atoms with E-state index in [1.807, 2.05) is 18.2 Å². The molecule has 0 N–H and O–H groups in total. The fourth-order valence-electron chi connectivity index (χ4n) is 3.08. The van der Waals surface area contributed by atoms with Gasteiger partial charge in [-0.25, -0.2) is 4.79 Å². The summed E-state index contributed by atoms with van der Waals surface area (Å²) in [5, 5.41) is 0. The zero-order valence-corrected chi connectivity index (χ0v) is 11.5. The SMILES string of the molecule is COC(=O)C(=O)[C@H]1CCC[C@](C)(c2ccccc2)C1. The molecule has 1 aliphatic carbocycles. The highest BCUT2D eigenvalue weighted by molar-refractivity contribution is 6.34. The van der Waals surface area contributed by atoms with E-state index in [0.717, 1.165) is 25.7 Å². The normalized spacial score (nSPS) is 26.7. The van der Waals surface area contributed by atoms with Gasteiger partial charge in [-0.05, 0) is 30.2 Å². The Morgan fingerprint density at radius 3 is 2.58 bits per heavy atom. The molecule has 1 fully saturated rings. The molecule has 2 atom stereocenters. The van der Waals surface area contributed by atoms with E-state index in [1.54, 1.807) is 0 Å². The van der Waals surface area contributed by atoms with Gasteiger partial charge in [0.2, 0.25) is 5.78 Å². The van der Waals surface area contributed by atoms with Crippen LogP contribution in [-0.4, -0.2) is 18.9 Å². The largest absolute Gasteiger partial charge is 0.463 e. The summed E-state index contributed by atoms with van der Waals surface area (Å²) in [5.74, 6) is -1.28. The van der Waals surface area contributed by atoms with Crippen molar-refractivity contribution >= 4 is 11.8 Å². The first-order valence-corrected chi connectivity index (χ1v) is 6.74. The molecule has 1 aromatic rings. The number of hydrogen-bond acceptors (Lipinski definition) is 3. The number of carbonyl (C=O) groups excluding carboxylic acids is 2. The Morgan fingerprint density at radius 2 is 1.95 bits per heavy atom. The van der Waals surface area contributed by atoms with E-state index in [9.17, 15) is 9.59 Å². The maximum Gasteiger partial charge on any atom is 0.374 e. The third-order valence-electron chi connectivity index (χ3n) is 4.21. The van der Waals surface area contributed by atoms with Gasteiger partial charge in [0.05, 0.1) is 7.11 Å². The van der Waals surface area contributed by atoms with Crippen molar-refractivity contribution in [1.82, 2.24) is 0 Å². The van der Waals surface area contributed by atoms with Crippen LogP contribution >= 0.6 is 0 Å². The second-order valence-electron chi connectivity index (χ2n) is 5.58. The molecule has 102 valence electrons. The lowest BCUT2D eigenvalue weighted by atomic mass is 9.66. The van der Waals surface area contributed by atoms with E-state index in [1.165, 1.54) is 12.7 Å². The Bertz CT molecular complexity index is 466. The van der Waals surface area contributed by atoms with E-state index in [0.29, 0.717) is 0 Å². The Balaban J connectivity index is 2.17. The molecule has 0 amide bonds. The molecule has 0 saturated heterocycles. The van der Waals surface area contributed by atoms with Gasteiger partial charge < -0.3 is 4.74 Å². The molecule has 3 nitrogen and oxygen atoms in total. The van der Waals surface area contributed by atoms with Crippen LogP contribution in [0.15, 0.2) is 30.3 Å². The second kappa shape index (κ2) is 5.55. The van der Waals surface area contributed by atoms with Crippen molar-refractivity contribution in [3.8, 4) is 0 Å². The lowest BCUT2D eigenvalue weighted by Crippen LogP contribution is -2.36. The molecular weight excluding hydrogens is 240 g/mol. The minimum atomic E-state index is -0.706. The van der Waals surface area contributed by atoms with Gasteiger partial charge in [0.15, 0.2) is 0 Å². The first-order valence-electron chi connectivity index (χ1n) is 6.74. The monoisotopic (exact) mass is 260 g/mol. The highest BCUT2D eigenvalue weighted by atomic mass is 16.5. The molecule has 0 unspecified atom stereocenters. The molecule has 0 spiro atoms. The Morgan fingerprint density at radius 1 is 1.26 bits per heavy atom. The molecule has 1 aromatic carbocycles. The lowest BCUT2D eigenvalue weighted by Gasteiger charge is -2.37. The number of methoxy groups -OCH3 is 1. The van der Waals surface area contributed by atoms with Gasteiger partial charge in [0, 0.05) is 5.92 Å². The summed E-state index contributed by atoms with van der Waals surface area (Å²) in [4.78, 5) is 23.4. The Labute approximate surface area is 114 Å². The molecular formula is C16H20O3. The maximum atomic E-state index is 12.0. The Kier molecular flexibility index (Phi) is 4.03. The number of carbonyl (C=O) groups is 2. The van der Waals surface area contributed by atoms with E-state index in [4.69, 9.17) is 0 Å². The third-order valence-corrected chi connectivity index (χ3v) is 4.21. The molecule has 0 bridgehead atoms. The number of Topliss-reactive ketones (excluding diaryl/α,β-unsaturated/α-hetero) is 1. The van der Waals surface area contributed by atoms with Crippen LogP contribution in [0.25, 0.3) is 0 Å². The first-order chi connectivity index (χ1) is 9.07. The minimum absolute atomic E-state index is 0.0200. The fraction of sp³-hybridized carbons (Fsp3) is 0.500. The number of benzene rings is 1. The van der Waals surface area contributed by atoms with Crippen molar-refractivity contribution in [2.75, 3.05) is 7.11 Å². The summed E-state index contributed by atoms with van der Waals surface area (Å²) < 4.78 is 4.55. The van der Waals surface area contributed by atoms with Crippen LogP contribution in [-0.2, 0) is 19.7 Å². The Hall–Kier alpha value is -1.64. The van der Waals surface area contributed by atoms with Crippen LogP contribution < -0.4 is 0 Å². The van der Waals surface area contributed by atoms with Crippen LogP contribution in [0.1, 0.15) is 38.2 Å².